The van der Waals surface area contributed by atoms with Crippen LogP contribution in [0.4, 0.5) is 13.9 Å². The van der Waals surface area contributed by atoms with E-state index in [4.69, 9.17) is 0 Å². The molecule has 0 spiro atoms. The van der Waals surface area contributed by atoms with Gasteiger partial charge in [-0.25, -0.2) is 0 Å². The van der Waals surface area contributed by atoms with Crippen LogP contribution in [0.25, 0.3) is 0 Å². The molecule has 0 atom stereocenters. The van der Waals surface area contributed by atoms with Gasteiger partial charge in [0.15, 0.2) is 0 Å². The Hall–Kier alpha value is -1.76. The third-order valence-corrected chi connectivity index (χ3v) is 3.55. The SMILES string of the molecule is CC(C)Cc1nnc(NCc2ccc(OC(F)F)cc2)s1. The van der Waals surface area contributed by atoms with Crippen LogP contribution in [-0.4, -0.2) is 16.8 Å². The molecule has 1 aromatic heterocycles. The van der Waals surface area contributed by atoms with E-state index < -0.39 is 6.61 Å². The monoisotopic (exact) mass is 313 g/mol. The Balaban J connectivity index is 1.86. The van der Waals surface area contributed by atoms with Gasteiger partial charge >= 0.3 is 6.61 Å². The summed E-state index contributed by atoms with van der Waals surface area (Å²) in [5.74, 6) is 0.706. The van der Waals surface area contributed by atoms with Gasteiger partial charge in [-0.1, -0.05) is 37.3 Å². The summed E-state index contributed by atoms with van der Waals surface area (Å²) in [6.45, 7) is 2.04. The molecule has 0 aliphatic heterocycles. The second-order valence-electron chi connectivity index (χ2n) is 4.97. The first kappa shape index (κ1) is 15.6. The quantitative estimate of drug-likeness (QED) is 0.841. The minimum absolute atomic E-state index is 0.156. The second-order valence-corrected chi connectivity index (χ2v) is 6.04. The van der Waals surface area contributed by atoms with Crippen molar-refractivity contribution in [2.24, 2.45) is 5.92 Å². The lowest BCUT2D eigenvalue weighted by Gasteiger charge is -2.06. The highest BCUT2D eigenvalue weighted by Gasteiger charge is 2.07. The molecule has 0 fully saturated rings. The number of anilines is 1. The number of hydrogen-bond donors (Lipinski definition) is 1. The average Bonchev–Trinajstić information content (AvgIpc) is 2.84. The summed E-state index contributed by atoms with van der Waals surface area (Å²) < 4.78 is 28.4. The molecule has 1 aromatic carbocycles. The van der Waals surface area contributed by atoms with Gasteiger partial charge in [0, 0.05) is 13.0 Å². The molecule has 1 N–H and O–H groups in total. The maximum absolute atomic E-state index is 12.0. The lowest BCUT2D eigenvalue weighted by atomic mass is 10.1. The topological polar surface area (TPSA) is 47.0 Å². The molecule has 0 saturated heterocycles. The molecule has 114 valence electrons. The summed E-state index contributed by atoms with van der Waals surface area (Å²) >= 11 is 1.53. The van der Waals surface area contributed by atoms with E-state index in [0.717, 1.165) is 22.1 Å². The van der Waals surface area contributed by atoms with Crippen molar-refractivity contribution in [2.45, 2.75) is 33.4 Å². The van der Waals surface area contributed by atoms with Crippen LogP contribution in [0.1, 0.15) is 24.4 Å². The molecule has 4 nitrogen and oxygen atoms in total. The van der Waals surface area contributed by atoms with Gasteiger partial charge in [-0.3, -0.25) is 0 Å². The van der Waals surface area contributed by atoms with E-state index in [1.807, 2.05) is 0 Å². The zero-order valence-corrected chi connectivity index (χ0v) is 12.7. The van der Waals surface area contributed by atoms with Crippen molar-refractivity contribution in [2.75, 3.05) is 5.32 Å². The normalized spacial score (nSPS) is 11.1. The smallest absolute Gasteiger partial charge is 0.387 e. The number of alkyl halides is 2. The molecule has 21 heavy (non-hydrogen) atoms. The average molecular weight is 313 g/mol. The van der Waals surface area contributed by atoms with Crippen molar-refractivity contribution in [1.29, 1.82) is 0 Å². The fraction of sp³-hybridized carbons (Fsp3) is 0.429. The van der Waals surface area contributed by atoms with Crippen LogP contribution in [0, 0.1) is 5.92 Å². The van der Waals surface area contributed by atoms with Gasteiger partial charge in [0.25, 0.3) is 0 Å². The van der Waals surface area contributed by atoms with E-state index in [9.17, 15) is 8.78 Å². The molecular weight excluding hydrogens is 296 g/mol. The summed E-state index contributed by atoms with van der Waals surface area (Å²) in [7, 11) is 0. The predicted octanol–water partition coefficient (Wildman–Crippen LogP) is 3.95. The standard InChI is InChI=1S/C14H17F2N3OS/c1-9(2)7-12-18-19-14(21-12)17-8-10-3-5-11(6-4-10)20-13(15)16/h3-6,9,13H,7-8H2,1-2H3,(H,17,19). The lowest BCUT2D eigenvalue weighted by molar-refractivity contribution is -0.0498. The third-order valence-electron chi connectivity index (χ3n) is 2.64. The van der Waals surface area contributed by atoms with Gasteiger partial charge in [-0.15, -0.1) is 10.2 Å². The van der Waals surface area contributed by atoms with Crippen LogP contribution in [0.5, 0.6) is 5.75 Å². The summed E-state index contributed by atoms with van der Waals surface area (Å²) in [5, 5.41) is 13.1. The number of aromatic nitrogens is 2. The molecule has 0 radical (unpaired) electrons. The van der Waals surface area contributed by atoms with E-state index >= 15 is 0 Å². The van der Waals surface area contributed by atoms with E-state index in [2.05, 4.69) is 34.1 Å². The fourth-order valence-electron chi connectivity index (χ4n) is 1.72. The lowest BCUT2D eigenvalue weighted by Crippen LogP contribution is -2.02. The second kappa shape index (κ2) is 7.31. The first-order chi connectivity index (χ1) is 10.0. The van der Waals surface area contributed by atoms with Crippen molar-refractivity contribution in [1.82, 2.24) is 10.2 Å². The zero-order chi connectivity index (χ0) is 15.2. The Morgan fingerprint density at radius 2 is 1.90 bits per heavy atom. The highest BCUT2D eigenvalue weighted by molar-refractivity contribution is 7.15. The van der Waals surface area contributed by atoms with Crippen molar-refractivity contribution >= 4 is 16.5 Å². The molecule has 0 aliphatic carbocycles. The maximum atomic E-state index is 12.0. The van der Waals surface area contributed by atoms with E-state index in [1.165, 1.54) is 23.5 Å². The van der Waals surface area contributed by atoms with E-state index in [1.54, 1.807) is 12.1 Å². The van der Waals surface area contributed by atoms with Gasteiger partial charge in [-0.05, 0) is 23.6 Å². The number of rotatable bonds is 7. The number of nitrogens with one attached hydrogen (secondary N) is 1. The number of benzene rings is 1. The van der Waals surface area contributed by atoms with Crippen molar-refractivity contribution < 1.29 is 13.5 Å². The zero-order valence-electron chi connectivity index (χ0n) is 11.8. The highest BCUT2D eigenvalue weighted by Crippen LogP contribution is 2.20. The first-order valence-electron chi connectivity index (χ1n) is 6.63. The molecule has 0 aliphatic rings. The molecular formula is C14H17F2N3OS. The predicted molar refractivity (Wildman–Crippen MR) is 78.9 cm³/mol. The minimum Gasteiger partial charge on any atom is -0.435 e. The maximum Gasteiger partial charge on any atom is 0.387 e. The Bertz CT molecular complexity index is 558. The van der Waals surface area contributed by atoms with Gasteiger partial charge in [0.2, 0.25) is 5.13 Å². The van der Waals surface area contributed by atoms with Crippen molar-refractivity contribution in [3.05, 3.63) is 34.8 Å². The van der Waals surface area contributed by atoms with Crippen LogP contribution in [0.3, 0.4) is 0 Å². The van der Waals surface area contributed by atoms with Crippen LogP contribution < -0.4 is 10.1 Å². The number of halogens is 2. The van der Waals surface area contributed by atoms with E-state index in [-0.39, 0.29) is 5.75 Å². The first-order valence-corrected chi connectivity index (χ1v) is 7.44. The minimum atomic E-state index is -2.80. The van der Waals surface area contributed by atoms with Crippen LogP contribution in [-0.2, 0) is 13.0 Å². The van der Waals surface area contributed by atoms with Crippen LogP contribution in [0.2, 0.25) is 0 Å². The summed E-state index contributed by atoms with van der Waals surface area (Å²) in [6.07, 6.45) is 0.916. The fourth-order valence-corrected chi connectivity index (χ4v) is 2.67. The van der Waals surface area contributed by atoms with Crippen molar-refractivity contribution in [3.63, 3.8) is 0 Å². The molecule has 2 aromatic rings. The number of nitrogens with zero attached hydrogens (tertiary/aromatic N) is 2. The summed E-state index contributed by atoms with van der Waals surface area (Å²) in [6, 6.07) is 6.52. The van der Waals surface area contributed by atoms with Gasteiger partial charge in [0.1, 0.15) is 10.8 Å². The van der Waals surface area contributed by atoms with Crippen LogP contribution in [0.15, 0.2) is 24.3 Å². The molecule has 7 heteroatoms. The Morgan fingerprint density at radius 1 is 1.19 bits per heavy atom. The number of ether oxygens (including phenoxy) is 1. The molecule has 1 heterocycles. The Morgan fingerprint density at radius 3 is 2.52 bits per heavy atom. The Labute approximate surface area is 126 Å². The summed E-state index contributed by atoms with van der Waals surface area (Å²) in [4.78, 5) is 0. The van der Waals surface area contributed by atoms with Gasteiger partial charge in [0.05, 0.1) is 0 Å². The largest absolute Gasteiger partial charge is 0.435 e. The summed E-state index contributed by atoms with van der Waals surface area (Å²) in [5.41, 5.74) is 0.956. The van der Waals surface area contributed by atoms with Gasteiger partial charge in [-0.2, -0.15) is 8.78 Å². The number of hydrogen-bond acceptors (Lipinski definition) is 5. The molecule has 0 amide bonds. The van der Waals surface area contributed by atoms with Gasteiger partial charge < -0.3 is 10.1 Å². The van der Waals surface area contributed by atoms with Crippen LogP contribution >= 0.6 is 11.3 Å². The Kier molecular flexibility index (Phi) is 5.44. The molecule has 2 rings (SSSR count). The van der Waals surface area contributed by atoms with E-state index in [0.29, 0.717) is 12.5 Å². The van der Waals surface area contributed by atoms with Crippen molar-refractivity contribution in [3.8, 4) is 5.75 Å². The molecule has 0 bridgehead atoms. The third kappa shape index (κ3) is 5.26. The molecule has 0 unspecified atom stereocenters. The highest BCUT2D eigenvalue weighted by atomic mass is 32.1. The molecule has 0 saturated carbocycles.